The average molecular weight is 354 g/mol. The summed E-state index contributed by atoms with van der Waals surface area (Å²) in [4.78, 5) is 0. The molecular formula is C16H17BrFNO2. The van der Waals surface area contributed by atoms with Gasteiger partial charge in [0.25, 0.3) is 0 Å². The molecule has 0 bridgehead atoms. The molecule has 2 aromatic carbocycles. The van der Waals surface area contributed by atoms with Crippen molar-refractivity contribution in [3.63, 3.8) is 0 Å². The quantitative estimate of drug-likeness (QED) is 0.881. The van der Waals surface area contributed by atoms with Crippen molar-refractivity contribution in [2.75, 3.05) is 7.11 Å². The Morgan fingerprint density at radius 2 is 1.90 bits per heavy atom. The summed E-state index contributed by atoms with van der Waals surface area (Å²) in [5.74, 6) is 0.961. The van der Waals surface area contributed by atoms with Crippen LogP contribution >= 0.6 is 15.9 Å². The fourth-order valence-electron chi connectivity index (χ4n) is 2.00. The number of ether oxygens (including phenoxy) is 2. The number of hydrogen-bond donors (Lipinski definition) is 1. The van der Waals surface area contributed by atoms with Crippen LogP contribution in [0.5, 0.6) is 11.5 Å². The predicted molar refractivity (Wildman–Crippen MR) is 84.1 cm³/mol. The van der Waals surface area contributed by atoms with Crippen molar-refractivity contribution >= 4 is 15.9 Å². The minimum absolute atomic E-state index is 0.329. The van der Waals surface area contributed by atoms with Gasteiger partial charge in [-0.3, -0.25) is 0 Å². The number of hydrogen-bond acceptors (Lipinski definition) is 3. The Morgan fingerprint density at radius 3 is 2.48 bits per heavy atom. The van der Waals surface area contributed by atoms with Gasteiger partial charge >= 0.3 is 0 Å². The standard InChI is InChI=1S/C16H17BrFNO2/c1-10(19)16(12-5-3-4-6-14(12)18)21-15-8-7-11(20-2)9-13(15)17/h3-10,16H,19H2,1-2H3. The van der Waals surface area contributed by atoms with Gasteiger partial charge in [0.15, 0.2) is 0 Å². The van der Waals surface area contributed by atoms with E-state index in [-0.39, 0.29) is 11.9 Å². The lowest BCUT2D eigenvalue weighted by Crippen LogP contribution is -2.29. The van der Waals surface area contributed by atoms with Crippen LogP contribution in [0.4, 0.5) is 4.39 Å². The van der Waals surface area contributed by atoms with Crippen molar-refractivity contribution in [2.45, 2.75) is 19.1 Å². The maximum absolute atomic E-state index is 14.0. The van der Waals surface area contributed by atoms with Crippen molar-refractivity contribution in [3.05, 3.63) is 58.3 Å². The maximum Gasteiger partial charge on any atom is 0.141 e. The van der Waals surface area contributed by atoms with Crippen molar-refractivity contribution in [3.8, 4) is 11.5 Å². The van der Waals surface area contributed by atoms with Crippen molar-refractivity contribution < 1.29 is 13.9 Å². The molecule has 0 saturated carbocycles. The molecular weight excluding hydrogens is 337 g/mol. The SMILES string of the molecule is COc1ccc(OC(c2ccccc2F)C(C)N)c(Br)c1. The van der Waals surface area contributed by atoms with E-state index in [1.807, 2.05) is 0 Å². The van der Waals surface area contributed by atoms with Crippen LogP contribution in [-0.4, -0.2) is 13.2 Å². The van der Waals surface area contributed by atoms with Crippen molar-refractivity contribution in [1.82, 2.24) is 0 Å². The van der Waals surface area contributed by atoms with E-state index in [0.717, 1.165) is 4.47 Å². The Morgan fingerprint density at radius 1 is 1.19 bits per heavy atom. The summed E-state index contributed by atoms with van der Waals surface area (Å²) in [5, 5.41) is 0. The number of rotatable bonds is 5. The summed E-state index contributed by atoms with van der Waals surface area (Å²) in [6, 6.07) is 11.4. The molecule has 2 rings (SSSR count). The third kappa shape index (κ3) is 3.74. The molecule has 5 heteroatoms. The Kier molecular flexibility index (Phi) is 5.20. The Hall–Kier alpha value is -1.59. The average Bonchev–Trinajstić information content (AvgIpc) is 2.46. The van der Waals surface area contributed by atoms with Gasteiger partial charge in [-0.1, -0.05) is 18.2 Å². The van der Waals surface area contributed by atoms with Gasteiger partial charge in [-0.2, -0.15) is 0 Å². The maximum atomic E-state index is 14.0. The smallest absolute Gasteiger partial charge is 0.141 e. The van der Waals surface area contributed by atoms with Crippen LogP contribution in [0, 0.1) is 5.82 Å². The van der Waals surface area contributed by atoms with Gasteiger partial charge in [0.1, 0.15) is 23.4 Å². The third-order valence-electron chi connectivity index (χ3n) is 3.08. The van der Waals surface area contributed by atoms with Gasteiger partial charge in [0.2, 0.25) is 0 Å². The third-order valence-corrected chi connectivity index (χ3v) is 3.70. The van der Waals surface area contributed by atoms with E-state index in [1.165, 1.54) is 6.07 Å². The van der Waals surface area contributed by atoms with Gasteiger partial charge in [-0.15, -0.1) is 0 Å². The van der Waals surface area contributed by atoms with E-state index in [2.05, 4.69) is 15.9 Å². The molecule has 2 unspecified atom stereocenters. The lowest BCUT2D eigenvalue weighted by atomic mass is 10.0. The molecule has 0 amide bonds. The number of benzene rings is 2. The highest BCUT2D eigenvalue weighted by molar-refractivity contribution is 9.10. The molecule has 0 spiro atoms. The highest BCUT2D eigenvalue weighted by atomic mass is 79.9. The second kappa shape index (κ2) is 6.91. The van der Waals surface area contributed by atoms with E-state index < -0.39 is 6.10 Å². The van der Waals surface area contributed by atoms with Gasteiger partial charge in [0, 0.05) is 11.6 Å². The molecule has 21 heavy (non-hydrogen) atoms. The number of halogens is 2. The van der Waals surface area contributed by atoms with Crippen LogP contribution in [0.3, 0.4) is 0 Å². The summed E-state index contributed by atoms with van der Waals surface area (Å²) in [6.07, 6.45) is -0.573. The Labute approximate surface area is 132 Å². The molecule has 2 N–H and O–H groups in total. The second-order valence-corrected chi connectivity index (χ2v) is 5.57. The summed E-state index contributed by atoms with van der Waals surface area (Å²) in [5.41, 5.74) is 6.40. The zero-order valence-corrected chi connectivity index (χ0v) is 13.4. The summed E-state index contributed by atoms with van der Waals surface area (Å²) in [6.45, 7) is 1.79. The molecule has 0 radical (unpaired) electrons. The molecule has 0 aliphatic rings. The monoisotopic (exact) mass is 353 g/mol. The second-order valence-electron chi connectivity index (χ2n) is 4.72. The molecule has 0 fully saturated rings. The first-order chi connectivity index (χ1) is 10.0. The highest BCUT2D eigenvalue weighted by Gasteiger charge is 2.22. The van der Waals surface area contributed by atoms with E-state index in [0.29, 0.717) is 17.1 Å². The van der Waals surface area contributed by atoms with Crippen LogP contribution in [0.1, 0.15) is 18.6 Å². The minimum atomic E-state index is -0.573. The summed E-state index contributed by atoms with van der Waals surface area (Å²) < 4.78 is 25.7. The van der Waals surface area contributed by atoms with E-state index in [4.69, 9.17) is 15.2 Å². The number of nitrogens with two attached hydrogens (primary N) is 1. The lowest BCUT2D eigenvalue weighted by molar-refractivity contribution is 0.174. The first kappa shape index (κ1) is 15.8. The first-order valence-corrected chi connectivity index (χ1v) is 7.32. The zero-order chi connectivity index (χ0) is 15.4. The van der Waals surface area contributed by atoms with Gasteiger partial charge in [-0.05, 0) is 47.1 Å². The topological polar surface area (TPSA) is 44.5 Å². The van der Waals surface area contributed by atoms with Crippen molar-refractivity contribution in [2.24, 2.45) is 5.73 Å². The predicted octanol–water partition coefficient (Wildman–Crippen LogP) is 4.06. The van der Waals surface area contributed by atoms with Crippen LogP contribution in [0.15, 0.2) is 46.9 Å². The fraction of sp³-hybridized carbons (Fsp3) is 0.250. The van der Waals surface area contributed by atoms with E-state index >= 15 is 0 Å². The van der Waals surface area contributed by atoms with Gasteiger partial charge in [0.05, 0.1) is 11.6 Å². The molecule has 0 aliphatic carbocycles. The highest BCUT2D eigenvalue weighted by Crippen LogP contribution is 2.33. The fourth-order valence-corrected chi connectivity index (χ4v) is 2.45. The Balaban J connectivity index is 2.31. The molecule has 0 aromatic heterocycles. The summed E-state index contributed by atoms with van der Waals surface area (Å²) in [7, 11) is 1.59. The largest absolute Gasteiger partial charge is 0.497 e. The lowest BCUT2D eigenvalue weighted by Gasteiger charge is -2.24. The first-order valence-electron chi connectivity index (χ1n) is 6.53. The molecule has 0 saturated heterocycles. The van der Waals surface area contributed by atoms with Crippen LogP contribution in [0.25, 0.3) is 0 Å². The molecule has 2 aromatic rings. The normalized spacial score (nSPS) is 13.6. The molecule has 112 valence electrons. The van der Waals surface area contributed by atoms with Crippen LogP contribution in [0.2, 0.25) is 0 Å². The zero-order valence-electron chi connectivity index (χ0n) is 11.8. The number of methoxy groups -OCH3 is 1. The molecule has 0 aliphatic heterocycles. The van der Waals surface area contributed by atoms with Crippen molar-refractivity contribution in [1.29, 1.82) is 0 Å². The van der Waals surface area contributed by atoms with E-state index in [1.54, 1.807) is 50.4 Å². The Bertz CT molecular complexity index is 619. The van der Waals surface area contributed by atoms with Gasteiger partial charge in [-0.25, -0.2) is 4.39 Å². The van der Waals surface area contributed by atoms with Gasteiger partial charge < -0.3 is 15.2 Å². The van der Waals surface area contributed by atoms with Crippen LogP contribution in [-0.2, 0) is 0 Å². The van der Waals surface area contributed by atoms with E-state index in [9.17, 15) is 4.39 Å². The molecule has 3 nitrogen and oxygen atoms in total. The minimum Gasteiger partial charge on any atom is -0.497 e. The summed E-state index contributed by atoms with van der Waals surface area (Å²) >= 11 is 3.42. The van der Waals surface area contributed by atoms with Crippen LogP contribution < -0.4 is 15.2 Å². The molecule has 0 heterocycles. The molecule has 2 atom stereocenters.